The number of hydrazine groups is 1. The van der Waals surface area contributed by atoms with Crippen molar-refractivity contribution in [3.8, 4) is 0 Å². The second-order valence-corrected chi connectivity index (χ2v) is 11.5. The number of nitrogens with one attached hydrogen (secondary N) is 4. The maximum Gasteiger partial charge on any atom is 0.251 e. The van der Waals surface area contributed by atoms with Gasteiger partial charge in [-0.05, 0) is 94.3 Å². The van der Waals surface area contributed by atoms with Gasteiger partial charge >= 0.3 is 0 Å². The van der Waals surface area contributed by atoms with E-state index in [1.165, 1.54) is 19.1 Å². The molecule has 2 saturated heterocycles. The van der Waals surface area contributed by atoms with Gasteiger partial charge < -0.3 is 15.5 Å². The van der Waals surface area contributed by atoms with Crippen molar-refractivity contribution < 1.29 is 23.6 Å². The number of carbonyl (C=O) groups is 4. The molecular formula is C31H40FN5O4. The summed E-state index contributed by atoms with van der Waals surface area (Å²) < 4.78 is 14.1. The predicted molar refractivity (Wildman–Crippen MR) is 153 cm³/mol. The Kier molecular flexibility index (Phi) is 9.42. The first kappa shape index (κ1) is 30.2. The third-order valence-corrected chi connectivity index (χ3v) is 8.16. The van der Waals surface area contributed by atoms with Crippen LogP contribution in [-0.2, 0) is 20.8 Å². The number of rotatable bonds is 8. The van der Waals surface area contributed by atoms with Crippen LogP contribution >= 0.6 is 0 Å². The average Bonchev–Trinajstić information content (AvgIpc) is 3.36. The number of aryl methyl sites for hydroxylation is 1. The van der Waals surface area contributed by atoms with Crippen LogP contribution in [0.4, 0.5) is 4.39 Å². The summed E-state index contributed by atoms with van der Waals surface area (Å²) in [7, 11) is 0. The maximum absolute atomic E-state index is 14.1. The molecular weight excluding hydrogens is 525 g/mol. The third kappa shape index (κ3) is 7.11. The van der Waals surface area contributed by atoms with E-state index in [9.17, 15) is 23.6 Å². The van der Waals surface area contributed by atoms with Gasteiger partial charge in [0.1, 0.15) is 11.9 Å². The third-order valence-electron chi connectivity index (χ3n) is 8.16. The van der Waals surface area contributed by atoms with Crippen molar-refractivity contribution in [1.29, 1.82) is 0 Å². The van der Waals surface area contributed by atoms with Crippen LogP contribution in [0.5, 0.6) is 0 Å². The lowest BCUT2D eigenvalue weighted by molar-refractivity contribution is -0.137. The molecule has 4 N–H and O–H groups in total. The number of hydrogen-bond donors (Lipinski definition) is 4. The summed E-state index contributed by atoms with van der Waals surface area (Å²) in [4.78, 5) is 52.8. The van der Waals surface area contributed by atoms with Crippen LogP contribution in [0.2, 0.25) is 0 Å². The molecule has 220 valence electrons. The molecule has 2 aliphatic rings. The standard InChI is InChI=1S/C31H40FN5O4/c1-17-13-24(10-9-22(17)15-25-14-18(2)35-36-30(25)40)29(39)34-20(4)31(41)37-27(19(3)33-21(5)38)11-12-28(37)23-7-6-8-26(32)16-23/h6-10,13,16,18-20,25,27-28,35H,11-12,14-15H2,1-5H3,(H,33,38)(H,34,39)(H,36,40)/t18?,19-,20+,25?,27+,28-/m0/s1. The summed E-state index contributed by atoms with van der Waals surface area (Å²) in [5.74, 6) is -1.46. The van der Waals surface area contributed by atoms with E-state index in [4.69, 9.17) is 0 Å². The Balaban J connectivity index is 1.48. The lowest BCUT2D eigenvalue weighted by atomic mass is 9.89. The van der Waals surface area contributed by atoms with E-state index in [0.717, 1.165) is 17.5 Å². The highest BCUT2D eigenvalue weighted by Gasteiger charge is 2.42. The predicted octanol–water partition coefficient (Wildman–Crippen LogP) is 3.08. The van der Waals surface area contributed by atoms with Gasteiger partial charge in [0.15, 0.2) is 0 Å². The molecule has 0 aliphatic carbocycles. The number of halogens is 1. The number of benzene rings is 2. The molecule has 0 aromatic heterocycles. The van der Waals surface area contributed by atoms with Gasteiger partial charge in [-0.25, -0.2) is 9.82 Å². The molecule has 2 fully saturated rings. The molecule has 2 heterocycles. The van der Waals surface area contributed by atoms with Gasteiger partial charge in [0.2, 0.25) is 17.7 Å². The van der Waals surface area contributed by atoms with Crippen molar-refractivity contribution in [1.82, 2.24) is 26.4 Å². The molecule has 0 bridgehead atoms. The van der Waals surface area contributed by atoms with Crippen LogP contribution in [0.25, 0.3) is 0 Å². The first-order valence-electron chi connectivity index (χ1n) is 14.2. The van der Waals surface area contributed by atoms with E-state index in [1.807, 2.05) is 26.8 Å². The maximum atomic E-state index is 14.1. The van der Waals surface area contributed by atoms with E-state index < -0.39 is 6.04 Å². The topological polar surface area (TPSA) is 120 Å². The van der Waals surface area contributed by atoms with Gasteiger partial charge in [-0.2, -0.15) is 0 Å². The van der Waals surface area contributed by atoms with Gasteiger partial charge in [0, 0.05) is 30.5 Å². The zero-order chi connectivity index (χ0) is 29.8. The monoisotopic (exact) mass is 565 g/mol. The Morgan fingerprint density at radius 2 is 1.85 bits per heavy atom. The molecule has 10 heteroatoms. The Morgan fingerprint density at radius 1 is 1.10 bits per heavy atom. The summed E-state index contributed by atoms with van der Waals surface area (Å²) >= 11 is 0. The van der Waals surface area contributed by atoms with Gasteiger partial charge in [-0.15, -0.1) is 0 Å². The lowest BCUT2D eigenvalue weighted by Crippen LogP contribution is -2.54. The summed E-state index contributed by atoms with van der Waals surface area (Å²) in [6.07, 6.45) is 2.54. The van der Waals surface area contributed by atoms with Crippen molar-refractivity contribution >= 4 is 23.6 Å². The second-order valence-electron chi connectivity index (χ2n) is 11.5. The molecule has 2 aromatic rings. The van der Waals surface area contributed by atoms with E-state index in [-0.39, 0.29) is 59.5 Å². The highest BCUT2D eigenvalue weighted by Crippen LogP contribution is 2.38. The fraction of sp³-hybridized carbons (Fsp3) is 0.484. The largest absolute Gasteiger partial charge is 0.352 e. The number of amides is 4. The zero-order valence-corrected chi connectivity index (χ0v) is 24.3. The summed E-state index contributed by atoms with van der Waals surface area (Å²) in [6.45, 7) is 8.84. The number of hydrogen-bond acceptors (Lipinski definition) is 5. The van der Waals surface area contributed by atoms with Crippen molar-refractivity contribution in [2.24, 2.45) is 5.92 Å². The van der Waals surface area contributed by atoms with Crippen LogP contribution in [0.3, 0.4) is 0 Å². The van der Waals surface area contributed by atoms with Crippen molar-refractivity contribution in [3.05, 3.63) is 70.5 Å². The Morgan fingerprint density at radius 3 is 2.54 bits per heavy atom. The van der Waals surface area contributed by atoms with Crippen LogP contribution in [0, 0.1) is 18.7 Å². The summed E-state index contributed by atoms with van der Waals surface area (Å²) in [5, 5.41) is 5.72. The van der Waals surface area contributed by atoms with E-state index >= 15 is 0 Å². The normalized spacial score (nSPS) is 23.9. The van der Waals surface area contributed by atoms with Crippen LogP contribution in [0.15, 0.2) is 42.5 Å². The Hall–Kier alpha value is -3.79. The molecule has 0 radical (unpaired) electrons. The summed E-state index contributed by atoms with van der Waals surface area (Å²) in [5.41, 5.74) is 8.64. The van der Waals surface area contributed by atoms with Crippen LogP contribution in [-0.4, -0.2) is 52.7 Å². The zero-order valence-electron chi connectivity index (χ0n) is 24.3. The van der Waals surface area contributed by atoms with Crippen LogP contribution < -0.4 is 21.5 Å². The van der Waals surface area contributed by atoms with Crippen LogP contribution in [0.1, 0.15) is 80.0 Å². The van der Waals surface area contributed by atoms with Crippen molar-refractivity contribution in [2.75, 3.05) is 0 Å². The quantitative estimate of drug-likeness (QED) is 0.392. The fourth-order valence-corrected chi connectivity index (χ4v) is 6.07. The number of nitrogens with zero attached hydrogens (tertiary/aromatic N) is 1. The minimum absolute atomic E-state index is 0.0405. The molecule has 9 nitrogen and oxygen atoms in total. The average molecular weight is 566 g/mol. The fourth-order valence-electron chi connectivity index (χ4n) is 6.07. The van der Waals surface area contributed by atoms with Gasteiger partial charge in [0.25, 0.3) is 5.91 Å². The SMILES string of the molecule is CC(=O)N[C@@H](C)[C@H]1CC[C@@H](c2cccc(F)c2)N1C(=O)[C@@H](C)NC(=O)c1ccc(CC2CC(C)NNC2=O)c(C)c1. The second kappa shape index (κ2) is 12.8. The molecule has 2 aliphatic heterocycles. The molecule has 0 saturated carbocycles. The first-order chi connectivity index (χ1) is 19.4. The van der Waals surface area contributed by atoms with E-state index in [2.05, 4.69) is 21.5 Å². The lowest BCUT2D eigenvalue weighted by Gasteiger charge is -2.36. The number of carbonyl (C=O) groups excluding carboxylic acids is 4. The number of likely N-dealkylation sites (tertiary alicyclic amines) is 1. The first-order valence-corrected chi connectivity index (χ1v) is 14.2. The molecule has 2 unspecified atom stereocenters. The molecule has 4 rings (SSSR count). The highest BCUT2D eigenvalue weighted by atomic mass is 19.1. The smallest absolute Gasteiger partial charge is 0.251 e. The Labute approximate surface area is 240 Å². The minimum atomic E-state index is -0.858. The highest BCUT2D eigenvalue weighted by molar-refractivity contribution is 5.97. The summed E-state index contributed by atoms with van der Waals surface area (Å²) in [6, 6.07) is 9.86. The van der Waals surface area contributed by atoms with E-state index in [1.54, 1.807) is 36.1 Å². The molecule has 0 spiro atoms. The van der Waals surface area contributed by atoms with Crippen molar-refractivity contribution in [3.63, 3.8) is 0 Å². The van der Waals surface area contributed by atoms with Gasteiger partial charge in [-0.3, -0.25) is 24.6 Å². The molecule has 41 heavy (non-hydrogen) atoms. The minimum Gasteiger partial charge on any atom is -0.352 e. The molecule has 2 aromatic carbocycles. The Bertz CT molecular complexity index is 1320. The molecule has 4 amide bonds. The molecule has 6 atom stereocenters. The van der Waals surface area contributed by atoms with Gasteiger partial charge in [0.05, 0.1) is 12.1 Å². The van der Waals surface area contributed by atoms with Crippen molar-refractivity contribution in [2.45, 2.75) is 90.5 Å². The van der Waals surface area contributed by atoms with Gasteiger partial charge in [-0.1, -0.05) is 18.2 Å². The van der Waals surface area contributed by atoms with E-state index in [0.29, 0.717) is 30.4 Å².